The van der Waals surface area contributed by atoms with Crippen molar-refractivity contribution in [3.05, 3.63) is 57.6 Å². The Kier molecular flexibility index (Phi) is 5.10. The quantitative estimate of drug-likeness (QED) is 0.263. The average molecular weight is 331 g/mol. The minimum absolute atomic E-state index is 0.0752. The summed E-state index contributed by atoms with van der Waals surface area (Å²) in [6.07, 6.45) is 0.582. The van der Waals surface area contributed by atoms with E-state index in [2.05, 4.69) is 0 Å². The summed E-state index contributed by atoms with van der Waals surface area (Å²) in [6, 6.07) is 8.11. The molecule has 0 aliphatic heterocycles. The van der Waals surface area contributed by atoms with Gasteiger partial charge in [0.05, 0.1) is 19.1 Å². The average Bonchev–Trinajstić information content (AvgIpc) is 2.61. The highest BCUT2D eigenvalue weighted by molar-refractivity contribution is 5.96. The number of nitro groups is 1. The highest BCUT2D eigenvalue weighted by Gasteiger charge is 2.24. The molecule has 0 fully saturated rings. The maximum absolute atomic E-state index is 12.3. The molecule has 0 spiro atoms. The molecule has 2 aromatic carbocycles. The molecule has 0 radical (unpaired) electrons. The van der Waals surface area contributed by atoms with E-state index in [0.29, 0.717) is 6.29 Å². The van der Waals surface area contributed by atoms with Crippen molar-refractivity contribution < 1.29 is 28.7 Å². The van der Waals surface area contributed by atoms with E-state index in [1.807, 2.05) is 0 Å². The van der Waals surface area contributed by atoms with Gasteiger partial charge in [0.25, 0.3) is 5.69 Å². The third-order valence-electron chi connectivity index (χ3n) is 3.13. The fourth-order valence-electron chi connectivity index (χ4n) is 2.02. The highest BCUT2D eigenvalue weighted by atomic mass is 16.6. The molecule has 0 aliphatic carbocycles. The Morgan fingerprint density at radius 1 is 1.12 bits per heavy atom. The number of rotatable bonds is 6. The maximum Gasteiger partial charge on any atom is 0.350 e. The molecule has 8 heteroatoms. The number of aldehydes is 1. The number of para-hydroxylation sites is 1. The van der Waals surface area contributed by atoms with E-state index >= 15 is 0 Å². The minimum atomic E-state index is -0.947. The lowest BCUT2D eigenvalue weighted by Gasteiger charge is -2.13. The lowest BCUT2D eigenvalue weighted by Crippen LogP contribution is -2.12. The van der Waals surface area contributed by atoms with E-state index in [9.17, 15) is 19.7 Å². The van der Waals surface area contributed by atoms with Crippen molar-refractivity contribution in [2.24, 2.45) is 0 Å². The molecule has 2 aromatic rings. The van der Waals surface area contributed by atoms with Crippen LogP contribution in [0, 0.1) is 10.1 Å². The highest BCUT2D eigenvalue weighted by Crippen LogP contribution is 2.39. The van der Waals surface area contributed by atoms with Gasteiger partial charge in [-0.2, -0.15) is 0 Å². The first-order valence-electron chi connectivity index (χ1n) is 6.68. The van der Waals surface area contributed by atoms with Gasteiger partial charge in [0.1, 0.15) is 11.8 Å². The second kappa shape index (κ2) is 7.23. The monoisotopic (exact) mass is 331 g/mol. The minimum Gasteiger partial charge on any atom is -0.493 e. The zero-order chi connectivity index (χ0) is 17.7. The molecule has 8 nitrogen and oxygen atoms in total. The van der Waals surface area contributed by atoms with E-state index in [1.54, 1.807) is 0 Å². The van der Waals surface area contributed by atoms with Crippen molar-refractivity contribution in [1.29, 1.82) is 0 Å². The van der Waals surface area contributed by atoms with Gasteiger partial charge in [0, 0.05) is 11.6 Å². The summed E-state index contributed by atoms with van der Waals surface area (Å²) < 4.78 is 15.4. The molecule has 0 heterocycles. The molecule has 124 valence electrons. The summed E-state index contributed by atoms with van der Waals surface area (Å²) in [6.45, 7) is 0. The molecule has 2 rings (SSSR count). The van der Waals surface area contributed by atoms with Crippen LogP contribution in [0.2, 0.25) is 0 Å². The van der Waals surface area contributed by atoms with E-state index < -0.39 is 10.9 Å². The van der Waals surface area contributed by atoms with Gasteiger partial charge in [-0.1, -0.05) is 12.1 Å². The van der Waals surface area contributed by atoms with Crippen LogP contribution in [0.3, 0.4) is 0 Å². The first-order valence-corrected chi connectivity index (χ1v) is 6.68. The first kappa shape index (κ1) is 16.9. The topological polar surface area (TPSA) is 105 Å². The molecule has 0 aliphatic rings. The van der Waals surface area contributed by atoms with Crippen LogP contribution in [-0.4, -0.2) is 31.4 Å². The van der Waals surface area contributed by atoms with Gasteiger partial charge < -0.3 is 14.2 Å². The van der Waals surface area contributed by atoms with Gasteiger partial charge in [0.2, 0.25) is 5.75 Å². The third kappa shape index (κ3) is 3.32. The van der Waals surface area contributed by atoms with Gasteiger partial charge in [-0.3, -0.25) is 14.9 Å². The fraction of sp³-hybridized carbons (Fsp3) is 0.125. The molecule has 0 atom stereocenters. The Morgan fingerprint density at radius 2 is 1.71 bits per heavy atom. The van der Waals surface area contributed by atoms with Crippen molar-refractivity contribution in [2.45, 2.75) is 0 Å². The molecular weight excluding hydrogens is 318 g/mol. The normalized spacial score (nSPS) is 9.92. The largest absolute Gasteiger partial charge is 0.493 e. The Morgan fingerprint density at radius 3 is 2.21 bits per heavy atom. The molecule has 0 unspecified atom stereocenters. The summed E-state index contributed by atoms with van der Waals surface area (Å²) in [7, 11) is 2.65. The van der Waals surface area contributed by atoms with Crippen LogP contribution in [0.15, 0.2) is 36.4 Å². The van der Waals surface area contributed by atoms with E-state index in [0.717, 1.165) is 0 Å². The van der Waals surface area contributed by atoms with Crippen LogP contribution in [0.5, 0.6) is 17.2 Å². The van der Waals surface area contributed by atoms with Crippen molar-refractivity contribution >= 4 is 17.9 Å². The molecule has 24 heavy (non-hydrogen) atoms. The summed E-state index contributed by atoms with van der Waals surface area (Å²) >= 11 is 0. The van der Waals surface area contributed by atoms with Crippen LogP contribution >= 0.6 is 0 Å². The SMILES string of the molecule is COc1cc(C=O)cc(OC)c1OC(=O)c1ccccc1[N+](=O)[O-]. The second-order valence-electron chi connectivity index (χ2n) is 4.54. The summed E-state index contributed by atoms with van der Waals surface area (Å²) in [5.41, 5.74) is -0.342. The second-order valence-corrected chi connectivity index (χ2v) is 4.54. The van der Waals surface area contributed by atoms with E-state index in [1.165, 1.54) is 50.6 Å². The van der Waals surface area contributed by atoms with Crippen molar-refractivity contribution in [3.63, 3.8) is 0 Å². The number of hydrogen-bond acceptors (Lipinski definition) is 7. The molecule has 0 bridgehead atoms. The summed E-state index contributed by atoms with van der Waals surface area (Å²) in [5, 5.41) is 11.0. The van der Waals surface area contributed by atoms with Crippen molar-refractivity contribution in [2.75, 3.05) is 14.2 Å². The zero-order valence-corrected chi connectivity index (χ0v) is 12.8. The van der Waals surface area contributed by atoms with Crippen LogP contribution < -0.4 is 14.2 Å². The molecule has 0 aromatic heterocycles. The molecule has 0 saturated heterocycles. The number of nitrogens with zero attached hydrogens (tertiary/aromatic N) is 1. The number of nitro benzene ring substituents is 1. The Bertz CT molecular complexity index is 776. The Hall–Kier alpha value is -3.42. The van der Waals surface area contributed by atoms with Crippen molar-refractivity contribution in [1.82, 2.24) is 0 Å². The smallest absolute Gasteiger partial charge is 0.350 e. The molecular formula is C16H13NO7. The lowest BCUT2D eigenvalue weighted by molar-refractivity contribution is -0.385. The third-order valence-corrected chi connectivity index (χ3v) is 3.13. The fourth-order valence-corrected chi connectivity index (χ4v) is 2.02. The Balaban J connectivity index is 2.46. The van der Waals surface area contributed by atoms with Crippen LogP contribution in [-0.2, 0) is 0 Å². The molecule has 0 N–H and O–H groups in total. The predicted molar refractivity (Wildman–Crippen MR) is 83.0 cm³/mol. The van der Waals surface area contributed by atoms with E-state index in [4.69, 9.17) is 14.2 Å². The predicted octanol–water partition coefficient (Wildman–Crippen LogP) is 2.64. The lowest BCUT2D eigenvalue weighted by atomic mass is 10.1. The van der Waals surface area contributed by atoms with Gasteiger partial charge >= 0.3 is 5.97 Å². The number of methoxy groups -OCH3 is 2. The maximum atomic E-state index is 12.3. The van der Waals surface area contributed by atoms with Gasteiger partial charge in [-0.25, -0.2) is 4.79 Å². The van der Waals surface area contributed by atoms with Gasteiger partial charge in [-0.05, 0) is 18.2 Å². The number of ether oxygens (including phenoxy) is 3. The van der Waals surface area contributed by atoms with Crippen LogP contribution in [0.25, 0.3) is 0 Å². The number of esters is 1. The number of carbonyl (C=O) groups is 2. The zero-order valence-electron chi connectivity index (χ0n) is 12.8. The summed E-state index contributed by atoms with van der Waals surface area (Å²) in [5.74, 6) is -0.849. The number of carbonyl (C=O) groups excluding carboxylic acids is 2. The first-order chi connectivity index (χ1) is 11.5. The molecule has 0 saturated carbocycles. The van der Waals surface area contributed by atoms with Crippen LogP contribution in [0.4, 0.5) is 5.69 Å². The van der Waals surface area contributed by atoms with Crippen molar-refractivity contribution in [3.8, 4) is 17.2 Å². The van der Waals surface area contributed by atoms with Gasteiger partial charge in [0.15, 0.2) is 11.5 Å². The molecule has 0 amide bonds. The van der Waals surface area contributed by atoms with Crippen LogP contribution in [0.1, 0.15) is 20.7 Å². The standard InChI is InChI=1S/C16H13NO7/c1-22-13-7-10(9-18)8-14(23-2)15(13)24-16(19)11-5-3-4-6-12(11)17(20)21/h3-9H,1-2H3. The van der Waals surface area contributed by atoms with E-state index in [-0.39, 0.29) is 34.1 Å². The van der Waals surface area contributed by atoms with Gasteiger partial charge in [-0.15, -0.1) is 0 Å². The Labute approximate surface area is 136 Å². The number of hydrogen-bond donors (Lipinski definition) is 0. The summed E-state index contributed by atoms with van der Waals surface area (Å²) in [4.78, 5) is 33.6. The number of benzene rings is 2.